The maximum absolute atomic E-state index is 12.5. The number of amides is 2. The van der Waals surface area contributed by atoms with Crippen LogP contribution in [-0.4, -0.2) is 32.2 Å². The molecule has 0 aliphatic rings. The van der Waals surface area contributed by atoms with E-state index in [0.717, 1.165) is 17.7 Å². The van der Waals surface area contributed by atoms with Crippen LogP contribution in [0.15, 0.2) is 36.8 Å². The van der Waals surface area contributed by atoms with Gasteiger partial charge in [0.2, 0.25) is 0 Å². The monoisotopic (exact) mass is 301 g/mol. The van der Waals surface area contributed by atoms with Crippen LogP contribution in [0.2, 0.25) is 0 Å². The van der Waals surface area contributed by atoms with Crippen molar-refractivity contribution in [2.45, 2.75) is 32.9 Å². The molecular weight excluding hydrogens is 278 g/mol. The van der Waals surface area contributed by atoms with Gasteiger partial charge in [-0.15, -0.1) is 0 Å². The predicted octanol–water partition coefficient (Wildman–Crippen LogP) is 2.50. The summed E-state index contributed by atoms with van der Waals surface area (Å²) in [4.78, 5) is 18.3. The van der Waals surface area contributed by atoms with Gasteiger partial charge < -0.3 is 10.2 Å². The van der Waals surface area contributed by atoms with Crippen molar-refractivity contribution in [1.82, 2.24) is 25.0 Å². The zero-order valence-electron chi connectivity index (χ0n) is 13.4. The topological polar surface area (TPSA) is 63.1 Å². The fourth-order valence-electron chi connectivity index (χ4n) is 2.39. The molecule has 2 heterocycles. The van der Waals surface area contributed by atoms with Crippen LogP contribution in [-0.2, 0) is 13.6 Å². The third-order valence-corrected chi connectivity index (χ3v) is 3.71. The van der Waals surface area contributed by atoms with Crippen LogP contribution in [0.5, 0.6) is 0 Å². The Morgan fingerprint density at radius 1 is 1.27 bits per heavy atom. The first kappa shape index (κ1) is 16.0. The van der Waals surface area contributed by atoms with Gasteiger partial charge in [0.25, 0.3) is 0 Å². The van der Waals surface area contributed by atoms with Crippen LogP contribution >= 0.6 is 0 Å². The van der Waals surface area contributed by atoms with Crippen LogP contribution in [0.1, 0.15) is 37.6 Å². The van der Waals surface area contributed by atoms with Crippen molar-refractivity contribution in [3.8, 4) is 0 Å². The molecule has 0 spiro atoms. The SMILES string of the molecule is CC[C@@H](NC(=O)N(CC)Cc1ccncc1)c1ccnn1C. The highest BCUT2D eigenvalue weighted by Gasteiger charge is 2.19. The number of pyridine rings is 1. The number of nitrogens with one attached hydrogen (secondary N) is 1. The number of urea groups is 1. The second kappa shape index (κ2) is 7.59. The number of aryl methyl sites for hydroxylation is 1. The summed E-state index contributed by atoms with van der Waals surface area (Å²) in [5, 5.41) is 7.26. The Morgan fingerprint density at radius 3 is 2.55 bits per heavy atom. The van der Waals surface area contributed by atoms with Crippen LogP contribution in [0.4, 0.5) is 4.79 Å². The van der Waals surface area contributed by atoms with Crippen molar-refractivity contribution in [2.75, 3.05) is 6.54 Å². The van der Waals surface area contributed by atoms with E-state index < -0.39 is 0 Å². The molecule has 0 aliphatic heterocycles. The van der Waals surface area contributed by atoms with Crippen LogP contribution in [0.3, 0.4) is 0 Å². The Morgan fingerprint density at radius 2 is 2.00 bits per heavy atom. The average molecular weight is 301 g/mol. The fraction of sp³-hybridized carbons (Fsp3) is 0.438. The van der Waals surface area contributed by atoms with Gasteiger partial charge in [-0.05, 0) is 37.1 Å². The van der Waals surface area contributed by atoms with E-state index in [4.69, 9.17) is 0 Å². The molecule has 118 valence electrons. The molecule has 0 saturated carbocycles. The van der Waals surface area contributed by atoms with Gasteiger partial charge in [-0.3, -0.25) is 9.67 Å². The van der Waals surface area contributed by atoms with Crippen LogP contribution in [0, 0.1) is 0 Å². The smallest absolute Gasteiger partial charge is 0.318 e. The lowest BCUT2D eigenvalue weighted by Gasteiger charge is -2.25. The van der Waals surface area contributed by atoms with Crippen molar-refractivity contribution >= 4 is 6.03 Å². The number of hydrogen-bond donors (Lipinski definition) is 1. The van der Waals surface area contributed by atoms with Gasteiger partial charge in [-0.1, -0.05) is 6.92 Å². The molecule has 0 saturated heterocycles. The summed E-state index contributed by atoms with van der Waals surface area (Å²) >= 11 is 0. The molecule has 2 amide bonds. The molecule has 2 aromatic rings. The summed E-state index contributed by atoms with van der Waals surface area (Å²) in [5.41, 5.74) is 2.08. The molecular formula is C16H23N5O. The highest BCUT2D eigenvalue weighted by molar-refractivity contribution is 5.74. The lowest BCUT2D eigenvalue weighted by atomic mass is 10.1. The average Bonchev–Trinajstić information content (AvgIpc) is 2.97. The van der Waals surface area contributed by atoms with Crippen LogP contribution in [0.25, 0.3) is 0 Å². The zero-order chi connectivity index (χ0) is 15.9. The second-order valence-corrected chi connectivity index (χ2v) is 5.16. The summed E-state index contributed by atoms with van der Waals surface area (Å²) < 4.78 is 1.80. The van der Waals surface area contributed by atoms with Gasteiger partial charge in [-0.2, -0.15) is 5.10 Å². The molecule has 2 rings (SSSR count). The number of nitrogens with zero attached hydrogens (tertiary/aromatic N) is 4. The first-order valence-electron chi connectivity index (χ1n) is 7.57. The van der Waals surface area contributed by atoms with Crippen molar-refractivity contribution in [2.24, 2.45) is 7.05 Å². The summed E-state index contributed by atoms with van der Waals surface area (Å²) in [6, 6.07) is 5.69. The fourth-order valence-corrected chi connectivity index (χ4v) is 2.39. The first-order chi connectivity index (χ1) is 10.7. The predicted molar refractivity (Wildman–Crippen MR) is 85.1 cm³/mol. The van der Waals surface area contributed by atoms with E-state index in [1.165, 1.54) is 0 Å². The molecule has 1 atom stereocenters. The Bertz CT molecular complexity index is 596. The Hall–Kier alpha value is -2.37. The van der Waals surface area contributed by atoms with Crippen molar-refractivity contribution in [1.29, 1.82) is 0 Å². The van der Waals surface area contributed by atoms with Crippen molar-refractivity contribution in [3.05, 3.63) is 48.0 Å². The molecule has 6 heteroatoms. The molecule has 0 fully saturated rings. The van der Waals surface area contributed by atoms with E-state index in [0.29, 0.717) is 13.1 Å². The molecule has 1 N–H and O–H groups in total. The van der Waals surface area contributed by atoms with Crippen LogP contribution < -0.4 is 5.32 Å². The molecule has 0 aliphatic carbocycles. The first-order valence-corrected chi connectivity index (χ1v) is 7.57. The van der Waals surface area contributed by atoms with Gasteiger partial charge >= 0.3 is 6.03 Å². The Labute approximate surface area is 131 Å². The van der Waals surface area contributed by atoms with Crippen molar-refractivity contribution < 1.29 is 4.79 Å². The van der Waals surface area contributed by atoms with E-state index in [1.807, 2.05) is 32.2 Å². The maximum Gasteiger partial charge on any atom is 0.318 e. The highest BCUT2D eigenvalue weighted by Crippen LogP contribution is 2.16. The molecule has 2 aromatic heterocycles. The Balaban J connectivity index is 2.03. The highest BCUT2D eigenvalue weighted by atomic mass is 16.2. The van der Waals surface area contributed by atoms with E-state index in [-0.39, 0.29) is 12.1 Å². The maximum atomic E-state index is 12.5. The summed E-state index contributed by atoms with van der Waals surface area (Å²) in [6.07, 6.45) is 6.05. The van der Waals surface area contributed by atoms with E-state index in [9.17, 15) is 4.79 Å². The van der Waals surface area contributed by atoms with Gasteiger partial charge in [0.05, 0.1) is 11.7 Å². The van der Waals surface area contributed by atoms with Gasteiger partial charge in [-0.25, -0.2) is 4.79 Å². The third kappa shape index (κ3) is 3.84. The number of carbonyl (C=O) groups is 1. The Kier molecular flexibility index (Phi) is 5.52. The zero-order valence-corrected chi connectivity index (χ0v) is 13.4. The summed E-state index contributed by atoms with van der Waals surface area (Å²) in [5.74, 6) is 0. The molecule has 0 unspecified atom stereocenters. The summed E-state index contributed by atoms with van der Waals surface area (Å²) in [6.45, 7) is 5.26. The number of rotatable bonds is 6. The quantitative estimate of drug-likeness (QED) is 0.891. The minimum atomic E-state index is -0.0626. The third-order valence-electron chi connectivity index (χ3n) is 3.71. The van der Waals surface area contributed by atoms with Crippen molar-refractivity contribution in [3.63, 3.8) is 0 Å². The minimum Gasteiger partial charge on any atom is -0.330 e. The molecule has 0 aromatic carbocycles. The normalized spacial score (nSPS) is 12.0. The second-order valence-electron chi connectivity index (χ2n) is 5.16. The van der Waals surface area contributed by atoms with Gasteiger partial charge in [0.15, 0.2) is 0 Å². The molecule has 6 nitrogen and oxygen atoms in total. The number of carbonyl (C=O) groups excluding carboxylic acids is 1. The molecule has 0 radical (unpaired) electrons. The summed E-state index contributed by atoms with van der Waals surface area (Å²) in [7, 11) is 1.89. The minimum absolute atomic E-state index is 0.0357. The van der Waals surface area contributed by atoms with Gasteiger partial charge in [0.1, 0.15) is 0 Å². The van der Waals surface area contributed by atoms with E-state index >= 15 is 0 Å². The molecule has 0 bridgehead atoms. The van der Waals surface area contributed by atoms with E-state index in [1.54, 1.807) is 28.2 Å². The number of hydrogen-bond acceptors (Lipinski definition) is 3. The van der Waals surface area contributed by atoms with E-state index in [2.05, 4.69) is 22.3 Å². The lowest BCUT2D eigenvalue weighted by Crippen LogP contribution is -2.41. The lowest BCUT2D eigenvalue weighted by molar-refractivity contribution is 0.193. The van der Waals surface area contributed by atoms with Gasteiger partial charge in [0, 0.05) is 38.7 Å². The standard InChI is InChI=1S/C16H23N5O/c1-4-14(15-8-11-18-20(15)3)19-16(22)21(5-2)12-13-6-9-17-10-7-13/h6-11,14H,4-5,12H2,1-3H3,(H,19,22)/t14-/m1/s1. The number of aromatic nitrogens is 3. The largest absolute Gasteiger partial charge is 0.330 e. The molecule has 22 heavy (non-hydrogen) atoms.